The Morgan fingerprint density at radius 3 is 2.46 bits per heavy atom. The molecule has 0 spiro atoms. The third kappa shape index (κ3) is 3.98. The van der Waals surface area contributed by atoms with Gasteiger partial charge in [-0.2, -0.15) is 0 Å². The second-order valence-corrected chi connectivity index (χ2v) is 6.74. The number of aliphatic hydroxyl groups excluding tert-OH is 1. The fourth-order valence-electron chi connectivity index (χ4n) is 2.23. The molecular weight excluding hydrogens is 377 g/mol. The highest BCUT2D eigenvalue weighted by Gasteiger charge is 2.32. The van der Waals surface area contributed by atoms with Crippen molar-refractivity contribution in [3.05, 3.63) is 81.2 Å². The van der Waals surface area contributed by atoms with Crippen molar-refractivity contribution in [3.63, 3.8) is 0 Å². The summed E-state index contributed by atoms with van der Waals surface area (Å²) in [5.41, 5.74) is 1.23. The van der Waals surface area contributed by atoms with Crippen LogP contribution in [0.3, 0.4) is 0 Å². The Morgan fingerprint density at radius 1 is 1.19 bits per heavy atom. The Morgan fingerprint density at radius 2 is 1.85 bits per heavy atom. The molecule has 1 N–H and O–H groups in total. The van der Waals surface area contributed by atoms with Crippen LogP contribution in [0.5, 0.6) is 0 Å². The number of benzene rings is 2. The van der Waals surface area contributed by atoms with Crippen LogP contribution < -0.4 is 0 Å². The van der Waals surface area contributed by atoms with Crippen molar-refractivity contribution in [2.75, 3.05) is 7.11 Å². The molecular formula is C19H13ClFNO3S. The zero-order chi connectivity index (χ0) is 18.7. The van der Waals surface area contributed by atoms with Crippen LogP contribution in [0.1, 0.15) is 5.56 Å². The highest BCUT2D eigenvalue weighted by molar-refractivity contribution is 8.18. The number of methoxy groups -OCH3 is 1. The highest BCUT2D eigenvalue weighted by Crippen LogP contribution is 2.40. The monoisotopic (exact) mass is 389 g/mol. The van der Waals surface area contributed by atoms with Crippen LogP contribution in [-0.4, -0.2) is 23.2 Å². The van der Waals surface area contributed by atoms with Crippen molar-refractivity contribution < 1.29 is 19.0 Å². The smallest absolute Gasteiger partial charge is 0.344 e. The minimum atomic E-state index is -0.699. The molecule has 0 bridgehead atoms. The van der Waals surface area contributed by atoms with Gasteiger partial charge in [0.25, 0.3) is 0 Å². The molecule has 0 atom stereocenters. The number of carbonyl (C=O) groups is 1. The third-order valence-corrected chi connectivity index (χ3v) is 4.78. The quantitative estimate of drug-likeness (QED) is 0.725. The molecule has 0 saturated carbocycles. The van der Waals surface area contributed by atoms with Gasteiger partial charge in [0.15, 0.2) is 0 Å². The van der Waals surface area contributed by atoms with E-state index in [1.54, 1.807) is 30.3 Å². The van der Waals surface area contributed by atoms with E-state index in [0.29, 0.717) is 15.6 Å². The summed E-state index contributed by atoms with van der Waals surface area (Å²) < 4.78 is 17.8. The summed E-state index contributed by atoms with van der Waals surface area (Å²) in [6.07, 6.45) is 1.71. The fraction of sp³-hybridized carbons (Fsp3) is 0.0526. The van der Waals surface area contributed by atoms with Crippen molar-refractivity contribution in [1.82, 2.24) is 0 Å². The van der Waals surface area contributed by atoms with E-state index in [9.17, 15) is 14.3 Å². The zero-order valence-corrected chi connectivity index (χ0v) is 15.1. The Kier molecular flexibility index (Phi) is 5.44. The molecule has 132 valence electrons. The molecule has 0 fully saturated rings. The van der Waals surface area contributed by atoms with Crippen LogP contribution in [0.25, 0.3) is 6.08 Å². The largest absolute Gasteiger partial charge is 0.506 e. The lowest BCUT2D eigenvalue weighted by Crippen LogP contribution is -2.10. The summed E-state index contributed by atoms with van der Waals surface area (Å²) in [6, 6.07) is 12.5. The fourth-order valence-corrected chi connectivity index (χ4v) is 3.40. The number of aliphatic imine (C=N–C) groups is 1. The molecule has 26 heavy (non-hydrogen) atoms. The molecule has 3 rings (SSSR count). The first-order chi connectivity index (χ1) is 12.5. The summed E-state index contributed by atoms with van der Waals surface area (Å²) in [6.45, 7) is 0. The molecule has 0 unspecified atom stereocenters. The molecule has 2 aromatic carbocycles. The van der Waals surface area contributed by atoms with Crippen molar-refractivity contribution in [1.29, 1.82) is 0 Å². The SMILES string of the molecule is COC(=O)C1=C(O)C(=Cc2ccc(Cl)cc2)SC1=Nc1ccc(F)cc1. The van der Waals surface area contributed by atoms with Crippen LogP contribution in [-0.2, 0) is 9.53 Å². The van der Waals surface area contributed by atoms with E-state index in [-0.39, 0.29) is 22.2 Å². The van der Waals surface area contributed by atoms with Gasteiger partial charge in [-0.05, 0) is 48.0 Å². The van der Waals surface area contributed by atoms with Gasteiger partial charge in [-0.3, -0.25) is 0 Å². The number of hydrogen-bond acceptors (Lipinski definition) is 5. The minimum Gasteiger partial charge on any atom is -0.506 e. The lowest BCUT2D eigenvalue weighted by Gasteiger charge is -2.01. The molecule has 0 amide bonds. The van der Waals surface area contributed by atoms with Crippen molar-refractivity contribution in [2.24, 2.45) is 4.99 Å². The zero-order valence-electron chi connectivity index (χ0n) is 13.6. The Labute approximate surface area is 158 Å². The van der Waals surface area contributed by atoms with Crippen molar-refractivity contribution >= 4 is 46.1 Å². The van der Waals surface area contributed by atoms with Gasteiger partial charge in [0, 0.05) is 5.02 Å². The first-order valence-electron chi connectivity index (χ1n) is 7.49. The van der Waals surface area contributed by atoms with Gasteiger partial charge in [-0.1, -0.05) is 35.5 Å². The van der Waals surface area contributed by atoms with Crippen molar-refractivity contribution in [2.45, 2.75) is 0 Å². The Bertz CT molecular complexity index is 934. The highest BCUT2D eigenvalue weighted by atomic mass is 35.5. The van der Waals surface area contributed by atoms with Crippen LogP contribution in [0.15, 0.2) is 69.8 Å². The molecule has 2 aromatic rings. The number of thioether (sulfide) groups is 1. The number of carbonyl (C=O) groups excluding carboxylic acids is 1. The molecule has 4 nitrogen and oxygen atoms in total. The van der Waals surface area contributed by atoms with E-state index in [1.165, 1.54) is 31.4 Å². The van der Waals surface area contributed by atoms with Gasteiger partial charge < -0.3 is 9.84 Å². The molecule has 0 saturated heterocycles. The topological polar surface area (TPSA) is 58.9 Å². The van der Waals surface area contributed by atoms with Crippen LogP contribution in [0, 0.1) is 5.82 Å². The summed E-state index contributed by atoms with van der Waals surface area (Å²) >= 11 is 7.00. The second-order valence-electron chi connectivity index (χ2n) is 5.27. The van der Waals surface area contributed by atoms with Gasteiger partial charge in [-0.15, -0.1) is 0 Å². The Hall–Kier alpha value is -2.57. The minimum absolute atomic E-state index is 0.0259. The average molecular weight is 390 g/mol. The van der Waals surface area contributed by atoms with Crippen molar-refractivity contribution in [3.8, 4) is 0 Å². The number of hydrogen-bond donors (Lipinski definition) is 1. The summed E-state index contributed by atoms with van der Waals surface area (Å²) in [5, 5.41) is 11.4. The number of rotatable bonds is 3. The van der Waals surface area contributed by atoms with E-state index >= 15 is 0 Å². The first kappa shape index (κ1) is 18.2. The number of esters is 1. The second kappa shape index (κ2) is 7.76. The van der Waals surface area contributed by atoms with E-state index in [2.05, 4.69) is 4.99 Å². The van der Waals surface area contributed by atoms with E-state index < -0.39 is 5.97 Å². The van der Waals surface area contributed by atoms with E-state index in [1.807, 2.05) is 0 Å². The van der Waals surface area contributed by atoms with Crippen LogP contribution in [0.2, 0.25) is 5.02 Å². The van der Waals surface area contributed by atoms with Gasteiger partial charge in [0.05, 0.1) is 17.7 Å². The normalized spacial score (nSPS) is 17.2. The van der Waals surface area contributed by atoms with Gasteiger partial charge >= 0.3 is 5.97 Å². The summed E-state index contributed by atoms with van der Waals surface area (Å²) in [5.74, 6) is -1.30. The van der Waals surface area contributed by atoms with Crippen LogP contribution >= 0.6 is 23.4 Å². The molecule has 0 radical (unpaired) electrons. The number of nitrogens with zero attached hydrogens (tertiary/aromatic N) is 1. The molecule has 0 aliphatic carbocycles. The number of ether oxygens (including phenoxy) is 1. The molecule has 1 aliphatic rings. The standard InChI is InChI=1S/C19H13ClFNO3S/c1-25-19(24)16-17(23)15(10-11-2-4-12(20)5-3-11)26-18(16)22-14-8-6-13(21)7-9-14/h2-10,23H,1H3. The van der Waals surface area contributed by atoms with Gasteiger partial charge in [0.1, 0.15) is 22.2 Å². The molecule has 7 heteroatoms. The molecule has 1 aliphatic heterocycles. The molecule has 0 aromatic heterocycles. The first-order valence-corrected chi connectivity index (χ1v) is 8.69. The Balaban J connectivity index is 2.02. The third-order valence-electron chi connectivity index (χ3n) is 3.51. The lowest BCUT2D eigenvalue weighted by molar-refractivity contribution is -0.135. The maximum Gasteiger partial charge on any atom is 0.344 e. The van der Waals surface area contributed by atoms with E-state index in [0.717, 1.165) is 17.3 Å². The summed E-state index contributed by atoms with van der Waals surface area (Å²) in [7, 11) is 1.23. The summed E-state index contributed by atoms with van der Waals surface area (Å²) in [4.78, 5) is 16.9. The van der Waals surface area contributed by atoms with E-state index in [4.69, 9.17) is 16.3 Å². The maximum atomic E-state index is 13.1. The maximum absolute atomic E-state index is 13.1. The number of halogens is 2. The lowest BCUT2D eigenvalue weighted by atomic mass is 10.1. The van der Waals surface area contributed by atoms with Gasteiger partial charge in [-0.25, -0.2) is 14.2 Å². The number of aliphatic hydroxyl groups is 1. The predicted molar refractivity (Wildman–Crippen MR) is 102 cm³/mol. The van der Waals surface area contributed by atoms with Crippen LogP contribution in [0.4, 0.5) is 10.1 Å². The van der Waals surface area contributed by atoms with Gasteiger partial charge in [0.2, 0.25) is 0 Å². The molecule has 1 heterocycles. The average Bonchev–Trinajstić information content (AvgIpc) is 2.93. The predicted octanol–water partition coefficient (Wildman–Crippen LogP) is 5.28.